The number of nitrogens with zero attached hydrogens (tertiary/aromatic N) is 2. The predicted molar refractivity (Wildman–Crippen MR) is 105 cm³/mol. The molecule has 1 aromatic carbocycles. The van der Waals surface area contributed by atoms with E-state index in [9.17, 15) is 14.4 Å². The monoisotopic (exact) mass is 383 g/mol. The van der Waals surface area contributed by atoms with E-state index >= 15 is 0 Å². The summed E-state index contributed by atoms with van der Waals surface area (Å²) in [5.41, 5.74) is -0.0740. The van der Waals surface area contributed by atoms with Crippen LogP contribution in [0.4, 0.5) is 0 Å². The zero-order valence-corrected chi connectivity index (χ0v) is 16.0. The normalized spacial score (nSPS) is 14.5. The lowest BCUT2D eigenvalue weighted by atomic mass is 9.96. The highest BCUT2D eigenvalue weighted by Gasteiger charge is 2.25. The van der Waals surface area contributed by atoms with Gasteiger partial charge in [-0.1, -0.05) is 18.2 Å². The molecular weight excluding hydrogens is 358 g/mol. The lowest BCUT2D eigenvalue weighted by molar-refractivity contribution is -0.123. The van der Waals surface area contributed by atoms with Crippen LogP contribution in [0.5, 0.6) is 5.75 Å². The lowest BCUT2D eigenvalue weighted by Crippen LogP contribution is -2.43. The molecule has 2 heterocycles. The summed E-state index contributed by atoms with van der Waals surface area (Å²) in [5.74, 6) is 0.593. The van der Waals surface area contributed by atoms with Gasteiger partial charge < -0.3 is 19.5 Å². The van der Waals surface area contributed by atoms with E-state index < -0.39 is 0 Å². The summed E-state index contributed by atoms with van der Waals surface area (Å²) in [6.45, 7) is 1.71. The molecule has 0 atom stereocenters. The number of amides is 2. The van der Waals surface area contributed by atoms with Crippen molar-refractivity contribution in [2.45, 2.75) is 12.8 Å². The van der Waals surface area contributed by atoms with Crippen LogP contribution in [0.2, 0.25) is 0 Å². The van der Waals surface area contributed by atoms with E-state index in [0.717, 1.165) is 12.8 Å². The third-order valence-corrected chi connectivity index (χ3v) is 4.96. The van der Waals surface area contributed by atoms with Crippen molar-refractivity contribution in [2.75, 3.05) is 26.2 Å². The van der Waals surface area contributed by atoms with Crippen molar-refractivity contribution in [3.8, 4) is 5.75 Å². The fourth-order valence-corrected chi connectivity index (χ4v) is 3.25. The number of aryl methyl sites for hydroxylation is 1. The molecule has 0 spiro atoms. The molecule has 148 valence electrons. The molecule has 0 aliphatic carbocycles. The minimum Gasteiger partial charge on any atom is -0.484 e. The largest absolute Gasteiger partial charge is 0.484 e. The van der Waals surface area contributed by atoms with E-state index in [0.29, 0.717) is 31.3 Å². The molecule has 1 aliphatic rings. The molecule has 2 aromatic rings. The van der Waals surface area contributed by atoms with Gasteiger partial charge in [0.2, 0.25) is 0 Å². The molecule has 1 fully saturated rings. The SMILES string of the molecule is Cn1cccc(C(=O)N2CCC(CNC(=O)COc3ccccc3)CC2)c1=O. The molecule has 0 unspecified atom stereocenters. The summed E-state index contributed by atoms with van der Waals surface area (Å²) >= 11 is 0. The number of benzene rings is 1. The van der Waals surface area contributed by atoms with Crippen LogP contribution in [0.1, 0.15) is 23.2 Å². The standard InChI is InChI=1S/C21H25N3O4/c1-23-11-5-8-18(20(23)26)21(27)24-12-9-16(10-13-24)14-22-19(25)15-28-17-6-3-2-4-7-17/h2-8,11,16H,9-10,12-15H2,1H3,(H,22,25). The molecule has 1 N–H and O–H groups in total. The molecule has 1 aliphatic heterocycles. The van der Waals surface area contributed by atoms with E-state index in [-0.39, 0.29) is 29.5 Å². The topological polar surface area (TPSA) is 80.6 Å². The van der Waals surface area contributed by atoms with Crippen molar-refractivity contribution in [1.29, 1.82) is 0 Å². The van der Waals surface area contributed by atoms with Crippen LogP contribution in [0.25, 0.3) is 0 Å². The molecule has 7 nitrogen and oxygen atoms in total. The van der Waals surface area contributed by atoms with Gasteiger partial charge in [0.25, 0.3) is 17.4 Å². The van der Waals surface area contributed by atoms with Gasteiger partial charge >= 0.3 is 0 Å². The number of carbonyl (C=O) groups is 2. The first-order chi connectivity index (χ1) is 13.5. The van der Waals surface area contributed by atoms with Crippen molar-refractivity contribution in [3.05, 3.63) is 64.6 Å². The summed E-state index contributed by atoms with van der Waals surface area (Å²) in [6.07, 6.45) is 3.22. The number of piperidine rings is 1. The molecule has 28 heavy (non-hydrogen) atoms. The minimum atomic E-state index is -0.277. The second-order valence-corrected chi connectivity index (χ2v) is 6.98. The first-order valence-electron chi connectivity index (χ1n) is 9.44. The molecule has 0 radical (unpaired) electrons. The Balaban J connectivity index is 1.41. The van der Waals surface area contributed by atoms with Crippen molar-refractivity contribution in [2.24, 2.45) is 13.0 Å². The van der Waals surface area contributed by atoms with Crippen molar-refractivity contribution in [1.82, 2.24) is 14.8 Å². The Morgan fingerprint density at radius 2 is 1.82 bits per heavy atom. The van der Waals surface area contributed by atoms with Crippen LogP contribution in [-0.2, 0) is 11.8 Å². The van der Waals surface area contributed by atoms with E-state index in [1.54, 1.807) is 42.4 Å². The maximum Gasteiger partial charge on any atom is 0.263 e. The first-order valence-corrected chi connectivity index (χ1v) is 9.44. The maximum absolute atomic E-state index is 12.6. The molecule has 0 saturated carbocycles. The second kappa shape index (κ2) is 9.21. The Morgan fingerprint density at radius 1 is 1.11 bits per heavy atom. The Bertz CT molecular complexity index is 871. The number of aromatic nitrogens is 1. The lowest BCUT2D eigenvalue weighted by Gasteiger charge is -2.32. The maximum atomic E-state index is 12.6. The summed E-state index contributed by atoms with van der Waals surface area (Å²) in [6, 6.07) is 12.5. The highest BCUT2D eigenvalue weighted by molar-refractivity contribution is 5.93. The van der Waals surface area contributed by atoms with Gasteiger partial charge in [0, 0.05) is 32.9 Å². The van der Waals surface area contributed by atoms with Gasteiger partial charge in [0.1, 0.15) is 11.3 Å². The number of ether oxygens (including phenoxy) is 1. The molecule has 1 aromatic heterocycles. The fourth-order valence-electron chi connectivity index (χ4n) is 3.25. The van der Waals surface area contributed by atoms with Gasteiger partial charge in [-0.25, -0.2) is 0 Å². The highest BCUT2D eigenvalue weighted by atomic mass is 16.5. The quantitative estimate of drug-likeness (QED) is 0.818. The average Bonchev–Trinajstić information content (AvgIpc) is 2.73. The van der Waals surface area contributed by atoms with E-state index in [1.165, 1.54) is 4.57 Å². The van der Waals surface area contributed by atoms with Gasteiger partial charge in [-0.3, -0.25) is 14.4 Å². The number of hydrogen-bond acceptors (Lipinski definition) is 4. The number of nitrogens with one attached hydrogen (secondary N) is 1. The van der Waals surface area contributed by atoms with Crippen molar-refractivity contribution in [3.63, 3.8) is 0 Å². The number of carbonyl (C=O) groups excluding carboxylic acids is 2. The summed E-state index contributed by atoms with van der Waals surface area (Å²) in [7, 11) is 1.63. The molecular formula is C21H25N3O4. The van der Waals surface area contributed by atoms with E-state index in [1.807, 2.05) is 18.2 Å². The highest BCUT2D eigenvalue weighted by Crippen LogP contribution is 2.18. The first kappa shape index (κ1) is 19.7. The third-order valence-electron chi connectivity index (χ3n) is 4.96. The minimum absolute atomic E-state index is 0.0152. The number of hydrogen-bond donors (Lipinski definition) is 1. The summed E-state index contributed by atoms with van der Waals surface area (Å²) in [5, 5.41) is 2.89. The molecule has 1 saturated heterocycles. The number of likely N-dealkylation sites (tertiary alicyclic amines) is 1. The van der Waals surface area contributed by atoms with Crippen LogP contribution in [0, 0.1) is 5.92 Å². The van der Waals surface area contributed by atoms with Crippen LogP contribution in [-0.4, -0.2) is 47.5 Å². The average molecular weight is 383 g/mol. The van der Waals surface area contributed by atoms with Crippen molar-refractivity contribution >= 4 is 11.8 Å². The summed E-state index contributed by atoms with van der Waals surface area (Å²) in [4.78, 5) is 38.4. The van der Waals surface area contributed by atoms with Gasteiger partial charge in [0.05, 0.1) is 0 Å². The predicted octanol–water partition coefficient (Wildman–Crippen LogP) is 1.43. The molecule has 0 bridgehead atoms. The van der Waals surface area contributed by atoms with Gasteiger partial charge in [-0.2, -0.15) is 0 Å². The Kier molecular flexibility index (Phi) is 6.47. The second-order valence-electron chi connectivity index (χ2n) is 6.98. The van der Waals surface area contributed by atoms with Crippen LogP contribution >= 0.6 is 0 Å². The van der Waals surface area contributed by atoms with Crippen LogP contribution in [0.3, 0.4) is 0 Å². The molecule has 7 heteroatoms. The van der Waals surface area contributed by atoms with Gasteiger partial charge in [-0.05, 0) is 43.0 Å². The van der Waals surface area contributed by atoms with E-state index in [4.69, 9.17) is 4.74 Å². The number of rotatable bonds is 6. The van der Waals surface area contributed by atoms with Gasteiger partial charge in [0.15, 0.2) is 6.61 Å². The Morgan fingerprint density at radius 3 is 2.54 bits per heavy atom. The smallest absolute Gasteiger partial charge is 0.263 e. The Hall–Kier alpha value is -3.09. The number of pyridine rings is 1. The zero-order valence-electron chi connectivity index (χ0n) is 16.0. The van der Waals surface area contributed by atoms with Crippen molar-refractivity contribution < 1.29 is 14.3 Å². The Labute approximate surface area is 163 Å². The fraction of sp³-hybridized carbons (Fsp3) is 0.381. The summed E-state index contributed by atoms with van der Waals surface area (Å²) < 4.78 is 6.84. The van der Waals surface area contributed by atoms with Crippen LogP contribution < -0.4 is 15.6 Å². The number of para-hydroxylation sites is 1. The van der Waals surface area contributed by atoms with Crippen LogP contribution in [0.15, 0.2) is 53.5 Å². The molecule has 2 amide bonds. The third kappa shape index (κ3) is 5.00. The van der Waals surface area contributed by atoms with Gasteiger partial charge in [-0.15, -0.1) is 0 Å². The zero-order chi connectivity index (χ0) is 19.9. The molecule has 3 rings (SSSR count). The van der Waals surface area contributed by atoms with E-state index in [2.05, 4.69) is 5.32 Å².